The molecule has 70 valence electrons. The zero-order valence-electron chi connectivity index (χ0n) is 7.84. The topological polar surface area (TPSA) is 47.3 Å². The van der Waals surface area contributed by atoms with E-state index in [0.29, 0.717) is 6.61 Å². The Hall–Kier alpha value is -0.560. The number of rotatable bonds is 6. The van der Waals surface area contributed by atoms with Crippen LogP contribution in [0.3, 0.4) is 0 Å². The molecule has 0 spiro atoms. The monoisotopic (exact) mass is 170 g/mol. The number of nitrogens with two attached hydrogens (primary N) is 1. The van der Waals surface area contributed by atoms with Crippen LogP contribution in [0.25, 0.3) is 0 Å². The second-order valence-corrected chi connectivity index (χ2v) is 2.68. The molecule has 0 aliphatic heterocycles. The minimum atomic E-state index is 0.119. The van der Waals surface area contributed by atoms with Gasteiger partial charge in [0.1, 0.15) is 0 Å². The zero-order valence-corrected chi connectivity index (χ0v) is 7.84. The van der Waals surface area contributed by atoms with Gasteiger partial charge in [-0.1, -0.05) is 0 Å². The Morgan fingerprint density at radius 3 is 2.75 bits per heavy atom. The summed E-state index contributed by atoms with van der Waals surface area (Å²) in [7, 11) is 0. The first-order valence-corrected chi connectivity index (χ1v) is 4.27. The molecule has 0 rings (SSSR count). The Bertz CT molecular complexity index is 142. The van der Waals surface area contributed by atoms with Crippen molar-refractivity contribution in [2.45, 2.75) is 38.8 Å². The van der Waals surface area contributed by atoms with Gasteiger partial charge in [0.25, 0.3) is 0 Å². The van der Waals surface area contributed by atoms with Crippen molar-refractivity contribution < 1.29 is 4.74 Å². The van der Waals surface area contributed by atoms with E-state index in [4.69, 9.17) is 17.0 Å². The van der Waals surface area contributed by atoms with Gasteiger partial charge in [0.15, 0.2) is 0 Å². The summed E-state index contributed by atoms with van der Waals surface area (Å²) in [6.45, 7) is 4.66. The summed E-state index contributed by atoms with van der Waals surface area (Å²) in [4.78, 5) is 0. The van der Waals surface area contributed by atoms with Crippen molar-refractivity contribution in [3.05, 3.63) is 0 Å². The number of hydrogen-bond acceptors (Lipinski definition) is 3. The molecule has 3 heteroatoms. The van der Waals surface area contributed by atoms with E-state index < -0.39 is 0 Å². The fourth-order valence-electron chi connectivity index (χ4n) is 1.07. The molecule has 0 aliphatic carbocycles. The predicted octanol–water partition coefficient (Wildman–Crippen LogP) is 0.657. The molecule has 0 amide bonds. The lowest BCUT2D eigenvalue weighted by Gasteiger charge is -2.22. The molecule has 3 nitrogen and oxygen atoms in total. The van der Waals surface area contributed by atoms with Crippen LogP contribution in [-0.4, -0.2) is 18.8 Å². The molecule has 0 aliphatic rings. The lowest BCUT2D eigenvalue weighted by atomic mass is 10.1. The first-order chi connectivity index (χ1) is 5.76. The van der Waals surface area contributed by atoms with Crippen molar-refractivity contribution in [3.63, 3.8) is 0 Å². The van der Waals surface area contributed by atoms with E-state index in [1.165, 1.54) is 0 Å². The van der Waals surface area contributed by atoms with Crippen molar-refractivity contribution in [2.75, 3.05) is 6.61 Å². The molecule has 0 aromatic heterocycles. The van der Waals surface area contributed by atoms with Crippen LogP contribution in [-0.2, 0) is 4.74 Å². The average Bonchev–Trinajstić information content (AvgIpc) is 2.06. The fourth-order valence-corrected chi connectivity index (χ4v) is 1.07. The summed E-state index contributed by atoms with van der Waals surface area (Å²) < 4.78 is 5.38. The molecule has 3 N–H and O–H groups in total. The molecule has 0 fully saturated rings. The van der Waals surface area contributed by atoms with E-state index in [0.717, 1.165) is 12.8 Å². The Morgan fingerprint density at radius 1 is 1.67 bits per heavy atom. The molecule has 0 bridgehead atoms. The normalized spacial score (nSPS) is 15.2. The van der Waals surface area contributed by atoms with Crippen molar-refractivity contribution in [1.82, 2.24) is 5.43 Å². The molecule has 0 radical (unpaired) electrons. The van der Waals surface area contributed by atoms with Crippen LogP contribution in [0.5, 0.6) is 0 Å². The first kappa shape index (κ1) is 11.4. The summed E-state index contributed by atoms with van der Waals surface area (Å²) in [5.74, 6) is 7.92. The molecule has 2 atom stereocenters. The highest BCUT2D eigenvalue weighted by Crippen LogP contribution is 2.04. The lowest BCUT2D eigenvalue weighted by molar-refractivity contribution is 0.0457. The van der Waals surface area contributed by atoms with Gasteiger partial charge in [0, 0.05) is 19.1 Å². The van der Waals surface area contributed by atoms with E-state index in [2.05, 4.69) is 11.3 Å². The van der Waals surface area contributed by atoms with Gasteiger partial charge in [-0.2, -0.15) is 0 Å². The van der Waals surface area contributed by atoms with Gasteiger partial charge >= 0.3 is 0 Å². The van der Waals surface area contributed by atoms with Crippen LogP contribution in [0.1, 0.15) is 26.7 Å². The highest BCUT2D eigenvalue weighted by molar-refractivity contribution is 4.86. The minimum Gasteiger partial charge on any atom is -0.377 e. The second-order valence-electron chi connectivity index (χ2n) is 2.68. The number of terminal acetylenes is 1. The van der Waals surface area contributed by atoms with E-state index in [1.54, 1.807) is 0 Å². The van der Waals surface area contributed by atoms with Gasteiger partial charge in [-0.15, -0.1) is 12.3 Å². The van der Waals surface area contributed by atoms with Crippen molar-refractivity contribution in [3.8, 4) is 12.3 Å². The SMILES string of the molecule is C#CCCC(NN)C(C)OCC. The molecular weight excluding hydrogens is 152 g/mol. The van der Waals surface area contributed by atoms with Crippen LogP contribution in [0.15, 0.2) is 0 Å². The summed E-state index contributed by atoms with van der Waals surface area (Å²) in [5, 5.41) is 0. The van der Waals surface area contributed by atoms with Gasteiger partial charge in [-0.25, -0.2) is 0 Å². The highest BCUT2D eigenvalue weighted by Gasteiger charge is 2.14. The van der Waals surface area contributed by atoms with Crippen LogP contribution in [0, 0.1) is 12.3 Å². The van der Waals surface area contributed by atoms with Crippen LogP contribution >= 0.6 is 0 Å². The van der Waals surface area contributed by atoms with E-state index >= 15 is 0 Å². The Morgan fingerprint density at radius 2 is 2.33 bits per heavy atom. The predicted molar refractivity (Wildman–Crippen MR) is 50.3 cm³/mol. The average molecular weight is 170 g/mol. The molecule has 0 saturated carbocycles. The molecular formula is C9H18N2O. The summed E-state index contributed by atoms with van der Waals surface area (Å²) in [6.07, 6.45) is 6.85. The van der Waals surface area contributed by atoms with Crippen molar-refractivity contribution >= 4 is 0 Å². The van der Waals surface area contributed by atoms with Gasteiger partial charge in [-0.05, 0) is 20.3 Å². The molecule has 12 heavy (non-hydrogen) atoms. The third kappa shape index (κ3) is 4.35. The third-order valence-corrected chi connectivity index (χ3v) is 1.81. The van der Waals surface area contributed by atoms with Crippen LogP contribution in [0.2, 0.25) is 0 Å². The number of ether oxygens (including phenoxy) is 1. The Balaban J connectivity index is 3.72. The largest absolute Gasteiger partial charge is 0.377 e. The standard InChI is InChI=1S/C9H18N2O/c1-4-6-7-9(11-10)8(3)12-5-2/h1,8-9,11H,5-7,10H2,2-3H3. The third-order valence-electron chi connectivity index (χ3n) is 1.81. The molecule has 0 saturated heterocycles. The summed E-state index contributed by atoms with van der Waals surface area (Å²) >= 11 is 0. The second kappa shape index (κ2) is 7.11. The molecule has 0 aromatic carbocycles. The van der Waals surface area contributed by atoms with E-state index in [1.807, 2.05) is 13.8 Å². The van der Waals surface area contributed by atoms with Crippen LogP contribution in [0.4, 0.5) is 0 Å². The van der Waals surface area contributed by atoms with E-state index in [9.17, 15) is 0 Å². The van der Waals surface area contributed by atoms with Gasteiger partial charge < -0.3 is 4.74 Å². The maximum Gasteiger partial charge on any atom is 0.0713 e. The summed E-state index contributed by atoms with van der Waals surface area (Å²) in [6, 6.07) is 0.154. The minimum absolute atomic E-state index is 0.119. The molecule has 2 unspecified atom stereocenters. The Kier molecular flexibility index (Phi) is 6.78. The summed E-state index contributed by atoms with van der Waals surface area (Å²) in [5.41, 5.74) is 2.70. The highest BCUT2D eigenvalue weighted by atomic mass is 16.5. The lowest BCUT2D eigenvalue weighted by Crippen LogP contribution is -2.43. The van der Waals surface area contributed by atoms with Gasteiger partial charge in [0.05, 0.1) is 6.10 Å². The molecule has 0 aromatic rings. The van der Waals surface area contributed by atoms with Crippen LogP contribution < -0.4 is 11.3 Å². The first-order valence-electron chi connectivity index (χ1n) is 4.27. The smallest absolute Gasteiger partial charge is 0.0713 e. The molecule has 0 heterocycles. The van der Waals surface area contributed by atoms with E-state index in [-0.39, 0.29) is 12.1 Å². The van der Waals surface area contributed by atoms with Gasteiger partial charge in [-0.3, -0.25) is 11.3 Å². The number of hydrazine groups is 1. The number of nitrogens with one attached hydrogen (secondary N) is 1. The van der Waals surface area contributed by atoms with Crippen molar-refractivity contribution in [1.29, 1.82) is 0 Å². The number of hydrogen-bond donors (Lipinski definition) is 2. The maximum absolute atomic E-state index is 5.38. The quantitative estimate of drug-likeness (QED) is 0.350. The van der Waals surface area contributed by atoms with Gasteiger partial charge in [0.2, 0.25) is 0 Å². The zero-order chi connectivity index (χ0) is 9.40. The Labute approximate surface area is 74.6 Å². The van der Waals surface area contributed by atoms with Crippen molar-refractivity contribution in [2.24, 2.45) is 5.84 Å². The fraction of sp³-hybridized carbons (Fsp3) is 0.778. The maximum atomic E-state index is 5.38.